The second kappa shape index (κ2) is 7.15. The standard InChI is InChI=1S/C15H21FO2S/c1-18-11-7-8-13(14(16)9-11)15(17)10-19-12-5-3-2-4-6-12/h7-9,12,15,17H,2-6,10H2,1H3. The molecule has 1 saturated carbocycles. The predicted molar refractivity (Wildman–Crippen MR) is 77.2 cm³/mol. The Morgan fingerprint density at radius 1 is 1.37 bits per heavy atom. The van der Waals surface area contributed by atoms with Crippen molar-refractivity contribution in [1.29, 1.82) is 0 Å². The summed E-state index contributed by atoms with van der Waals surface area (Å²) in [6.45, 7) is 0. The van der Waals surface area contributed by atoms with Crippen molar-refractivity contribution in [3.05, 3.63) is 29.6 Å². The van der Waals surface area contributed by atoms with Crippen LogP contribution in [0.5, 0.6) is 5.75 Å². The lowest BCUT2D eigenvalue weighted by Gasteiger charge is -2.22. The first kappa shape index (κ1) is 14.7. The molecule has 0 aromatic heterocycles. The van der Waals surface area contributed by atoms with Gasteiger partial charge in [0.1, 0.15) is 11.6 Å². The van der Waals surface area contributed by atoms with E-state index in [4.69, 9.17) is 4.74 Å². The van der Waals surface area contributed by atoms with Crippen molar-refractivity contribution in [3.8, 4) is 5.75 Å². The molecule has 0 spiro atoms. The molecule has 4 heteroatoms. The summed E-state index contributed by atoms with van der Waals surface area (Å²) >= 11 is 1.77. The minimum absolute atomic E-state index is 0.365. The molecule has 1 fully saturated rings. The topological polar surface area (TPSA) is 29.5 Å². The summed E-state index contributed by atoms with van der Waals surface area (Å²) in [5.74, 6) is 0.651. The van der Waals surface area contributed by atoms with Crippen LogP contribution in [0, 0.1) is 5.82 Å². The summed E-state index contributed by atoms with van der Waals surface area (Å²) in [6, 6.07) is 4.62. The Balaban J connectivity index is 1.89. The number of hydrogen-bond acceptors (Lipinski definition) is 3. The van der Waals surface area contributed by atoms with Crippen LogP contribution in [0.15, 0.2) is 18.2 Å². The van der Waals surface area contributed by atoms with Gasteiger partial charge in [-0.1, -0.05) is 19.3 Å². The van der Waals surface area contributed by atoms with Crippen LogP contribution in [0.1, 0.15) is 43.8 Å². The molecular formula is C15H21FO2S. The molecule has 2 nitrogen and oxygen atoms in total. The molecule has 1 N–H and O–H groups in total. The van der Waals surface area contributed by atoms with Gasteiger partial charge in [0.2, 0.25) is 0 Å². The van der Waals surface area contributed by atoms with E-state index in [1.165, 1.54) is 45.3 Å². The molecule has 1 aliphatic carbocycles. The Morgan fingerprint density at radius 2 is 2.11 bits per heavy atom. The molecular weight excluding hydrogens is 263 g/mol. The molecule has 0 amide bonds. The van der Waals surface area contributed by atoms with Crippen LogP contribution >= 0.6 is 11.8 Å². The van der Waals surface area contributed by atoms with Gasteiger partial charge in [0.25, 0.3) is 0 Å². The van der Waals surface area contributed by atoms with Crippen molar-refractivity contribution in [2.45, 2.75) is 43.5 Å². The smallest absolute Gasteiger partial charge is 0.132 e. The number of halogens is 1. The van der Waals surface area contributed by atoms with Gasteiger partial charge in [-0.25, -0.2) is 4.39 Å². The van der Waals surface area contributed by atoms with Crippen molar-refractivity contribution in [2.75, 3.05) is 12.9 Å². The van der Waals surface area contributed by atoms with Crippen molar-refractivity contribution in [2.24, 2.45) is 0 Å². The number of hydrogen-bond donors (Lipinski definition) is 1. The van der Waals surface area contributed by atoms with Gasteiger partial charge in [0, 0.05) is 22.6 Å². The molecule has 19 heavy (non-hydrogen) atoms. The lowest BCUT2D eigenvalue weighted by molar-refractivity contribution is 0.198. The van der Waals surface area contributed by atoms with E-state index in [0.29, 0.717) is 22.3 Å². The maximum atomic E-state index is 13.8. The van der Waals surface area contributed by atoms with Gasteiger partial charge < -0.3 is 9.84 Å². The second-order valence-corrected chi connectivity index (χ2v) is 6.33. The maximum Gasteiger partial charge on any atom is 0.132 e. The lowest BCUT2D eigenvalue weighted by atomic mass is 10.0. The first-order valence-electron chi connectivity index (χ1n) is 6.84. The van der Waals surface area contributed by atoms with Crippen molar-refractivity contribution < 1.29 is 14.2 Å². The highest BCUT2D eigenvalue weighted by molar-refractivity contribution is 7.99. The highest BCUT2D eigenvalue weighted by atomic mass is 32.2. The first-order chi connectivity index (χ1) is 9.20. The van der Waals surface area contributed by atoms with Crippen molar-refractivity contribution in [3.63, 3.8) is 0 Å². The van der Waals surface area contributed by atoms with E-state index in [2.05, 4.69) is 0 Å². The molecule has 1 aromatic rings. The van der Waals surface area contributed by atoms with E-state index in [0.717, 1.165) is 0 Å². The Labute approximate surface area is 118 Å². The van der Waals surface area contributed by atoms with Gasteiger partial charge in [0.15, 0.2) is 0 Å². The Hall–Kier alpha value is -0.740. The van der Waals surface area contributed by atoms with Crippen molar-refractivity contribution in [1.82, 2.24) is 0 Å². The van der Waals surface area contributed by atoms with Crippen LogP contribution < -0.4 is 4.74 Å². The number of benzene rings is 1. The van der Waals surface area contributed by atoms with E-state index in [9.17, 15) is 9.50 Å². The van der Waals surface area contributed by atoms with E-state index in [1.807, 2.05) is 0 Å². The summed E-state index contributed by atoms with van der Waals surface area (Å²) in [7, 11) is 1.50. The number of methoxy groups -OCH3 is 1. The van der Waals surface area contributed by atoms with Gasteiger partial charge in [0.05, 0.1) is 13.2 Å². The van der Waals surface area contributed by atoms with E-state index >= 15 is 0 Å². The molecule has 1 atom stereocenters. The summed E-state index contributed by atoms with van der Waals surface area (Å²) in [5, 5.41) is 10.7. The van der Waals surface area contributed by atoms with Crippen LogP contribution in [-0.4, -0.2) is 23.2 Å². The number of ether oxygens (including phenoxy) is 1. The van der Waals surface area contributed by atoms with Crippen molar-refractivity contribution >= 4 is 11.8 Å². The number of thioether (sulfide) groups is 1. The third-order valence-electron chi connectivity index (χ3n) is 3.61. The van der Waals surface area contributed by atoms with Crippen LogP contribution in [0.4, 0.5) is 4.39 Å². The highest BCUT2D eigenvalue weighted by Crippen LogP contribution is 2.32. The fourth-order valence-corrected chi connectivity index (χ4v) is 3.75. The Bertz CT molecular complexity index is 405. The van der Waals surface area contributed by atoms with E-state index < -0.39 is 11.9 Å². The number of aliphatic hydroxyl groups is 1. The second-order valence-electron chi connectivity index (χ2n) is 5.00. The molecule has 106 valence electrons. The van der Waals surface area contributed by atoms with Crippen LogP contribution in [-0.2, 0) is 0 Å². The monoisotopic (exact) mass is 284 g/mol. The zero-order valence-corrected chi connectivity index (χ0v) is 12.1. The molecule has 0 heterocycles. The predicted octanol–water partition coefficient (Wildman–Crippen LogP) is 3.93. The third-order valence-corrected chi connectivity index (χ3v) is 5.06. The minimum atomic E-state index is -0.738. The van der Waals surface area contributed by atoms with Crippen LogP contribution in [0.3, 0.4) is 0 Å². The molecule has 0 bridgehead atoms. The first-order valence-corrected chi connectivity index (χ1v) is 7.88. The normalized spacial score (nSPS) is 18.3. The highest BCUT2D eigenvalue weighted by Gasteiger charge is 2.18. The average molecular weight is 284 g/mol. The van der Waals surface area contributed by atoms with Crippen LogP contribution in [0.2, 0.25) is 0 Å². The zero-order valence-electron chi connectivity index (χ0n) is 11.3. The summed E-state index contributed by atoms with van der Waals surface area (Å²) in [5.41, 5.74) is 0.365. The van der Waals surface area contributed by atoms with Crippen LogP contribution in [0.25, 0.3) is 0 Å². The Kier molecular flexibility index (Phi) is 5.52. The minimum Gasteiger partial charge on any atom is -0.497 e. The van der Waals surface area contributed by atoms with Gasteiger partial charge in [-0.3, -0.25) is 0 Å². The van der Waals surface area contributed by atoms with Gasteiger partial charge in [-0.2, -0.15) is 11.8 Å². The quantitative estimate of drug-likeness (QED) is 0.888. The van der Waals surface area contributed by atoms with Gasteiger partial charge in [-0.05, 0) is 25.0 Å². The molecule has 0 aliphatic heterocycles. The largest absolute Gasteiger partial charge is 0.497 e. The average Bonchev–Trinajstić information content (AvgIpc) is 2.45. The number of aliphatic hydroxyl groups excluding tert-OH is 1. The molecule has 1 aromatic carbocycles. The summed E-state index contributed by atoms with van der Waals surface area (Å²) in [4.78, 5) is 0. The third kappa shape index (κ3) is 4.11. The van der Waals surface area contributed by atoms with E-state index in [-0.39, 0.29) is 0 Å². The molecule has 1 aliphatic rings. The fraction of sp³-hybridized carbons (Fsp3) is 0.600. The molecule has 0 saturated heterocycles. The summed E-state index contributed by atoms with van der Waals surface area (Å²) < 4.78 is 18.8. The maximum absolute atomic E-state index is 13.8. The molecule has 1 unspecified atom stereocenters. The van der Waals surface area contributed by atoms with Gasteiger partial charge in [-0.15, -0.1) is 0 Å². The van der Waals surface area contributed by atoms with Gasteiger partial charge >= 0.3 is 0 Å². The molecule has 2 rings (SSSR count). The SMILES string of the molecule is COc1ccc(C(O)CSC2CCCCC2)c(F)c1. The fourth-order valence-electron chi connectivity index (χ4n) is 2.45. The lowest BCUT2D eigenvalue weighted by Crippen LogP contribution is -2.12. The zero-order chi connectivity index (χ0) is 13.7. The Morgan fingerprint density at radius 3 is 2.74 bits per heavy atom. The number of rotatable bonds is 5. The summed E-state index contributed by atoms with van der Waals surface area (Å²) in [6.07, 6.45) is 5.60. The molecule has 0 radical (unpaired) electrons. The van der Waals surface area contributed by atoms with E-state index in [1.54, 1.807) is 23.9 Å².